The first-order chi connectivity index (χ1) is 13.8. The molecule has 154 valence electrons. The predicted octanol–water partition coefficient (Wildman–Crippen LogP) is 2.84. The van der Waals surface area contributed by atoms with Crippen LogP contribution in [0.25, 0.3) is 10.8 Å². The molecule has 12 heteroatoms. The highest BCUT2D eigenvalue weighted by molar-refractivity contribution is 7.89. The number of halogens is 2. The highest BCUT2D eigenvalue weighted by Gasteiger charge is 2.30. The summed E-state index contributed by atoms with van der Waals surface area (Å²) in [4.78, 5) is 14.8. The van der Waals surface area contributed by atoms with E-state index in [4.69, 9.17) is 27.6 Å². The molecule has 0 radical (unpaired) electrons. The Morgan fingerprint density at radius 2 is 1.90 bits per heavy atom. The summed E-state index contributed by atoms with van der Waals surface area (Å²) in [5, 5.41) is 6.54. The van der Waals surface area contributed by atoms with Crippen molar-refractivity contribution in [2.75, 3.05) is 26.2 Å². The lowest BCUT2D eigenvalue weighted by molar-refractivity contribution is 0.142. The van der Waals surface area contributed by atoms with Gasteiger partial charge in [0, 0.05) is 31.2 Å². The molecule has 0 spiro atoms. The third-order valence-electron chi connectivity index (χ3n) is 4.51. The molecule has 4 rings (SSSR count). The van der Waals surface area contributed by atoms with E-state index < -0.39 is 15.8 Å². The average Bonchev–Trinajstić information content (AvgIpc) is 3.34. The molecule has 0 saturated carbocycles. The highest BCUT2D eigenvalue weighted by Crippen LogP contribution is 2.28. The van der Waals surface area contributed by atoms with E-state index in [-0.39, 0.29) is 35.6 Å². The first-order valence-electron chi connectivity index (χ1n) is 8.64. The summed E-state index contributed by atoms with van der Waals surface area (Å²) in [6.45, 7) is 1.61. The molecule has 3 heterocycles. The molecule has 0 unspecified atom stereocenters. The van der Waals surface area contributed by atoms with Gasteiger partial charge in [-0.25, -0.2) is 13.2 Å². The number of thiophene rings is 1. The summed E-state index contributed by atoms with van der Waals surface area (Å²) < 4.78 is 33.6. The molecule has 1 aromatic carbocycles. The molecule has 0 atom stereocenters. The van der Waals surface area contributed by atoms with Crippen molar-refractivity contribution in [1.82, 2.24) is 19.0 Å². The zero-order valence-electron chi connectivity index (χ0n) is 15.0. The molecular weight excluding hydrogens is 459 g/mol. The Morgan fingerprint density at radius 1 is 1.14 bits per heavy atom. The maximum atomic E-state index is 12.9. The van der Waals surface area contributed by atoms with Crippen molar-refractivity contribution in [3.63, 3.8) is 0 Å². The Morgan fingerprint density at radius 3 is 2.59 bits per heavy atom. The standard InChI is InChI=1S/C17H16Cl2N4O4S2/c18-12-3-4-13(19)15(10-12)29(25,26)22-7-5-21(6-8-22)11-23-17(24)27-16(20-23)14-2-1-9-28-14/h1-4,9-10H,5-8,11H2. The molecule has 1 fully saturated rings. The lowest BCUT2D eigenvalue weighted by Gasteiger charge is -2.33. The largest absolute Gasteiger partial charge is 0.438 e. The quantitative estimate of drug-likeness (QED) is 0.564. The summed E-state index contributed by atoms with van der Waals surface area (Å²) in [7, 11) is -3.76. The molecule has 1 aliphatic rings. The summed E-state index contributed by atoms with van der Waals surface area (Å²) >= 11 is 13.4. The molecule has 1 saturated heterocycles. The number of sulfonamides is 1. The molecule has 29 heavy (non-hydrogen) atoms. The van der Waals surface area contributed by atoms with Crippen LogP contribution in [-0.4, -0.2) is 53.6 Å². The Bertz CT molecular complexity index is 1170. The van der Waals surface area contributed by atoms with Gasteiger partial charge in [0.2, 0.25) is 10.0 Å². The minimum Gasteiger partial charge on any atom is -0.387 e. The topological polar surface area (TPSA) is 88.7 Å². The Hall–Kier alpha value is -1.69. The maximum Gasteiger partial charge on any atom is 0.438 e. The van der Waals surface area contributed by atoms with Gasteiger partial charge in [0.25, 0.3) is 5.89 Å². The van der Waals surface area contributed by atoms with Crippen LogP contribution in [0.4, 0.5) is 0 Å². The van der Waals surface area contributed by atoms with Gasteiger partial charge in [-0.3, -0.25) is 4.90 Å². The minimum atomic E-state index is -3.76. The summed E-state index contributed by atoms with van der Waals surface area (Å²) in [5.41, 5.74) is 0. The molecule has 0 aliphatic carbocycles. The smallest absolute Gasteiger partial charge is 0.387 e. The molecule has 8 nitrogen and oxygen atoms in total. The van der Waals surface area contributed by atoms with E-state index in [2.05, 4.69) is 5.10 Å². The number of piperazine rings is 1. The summed E-state index contributed by atoms with van der Waals surface area (Å²) in [6.07, 6.45) is 0. The van der Waals surface area contributed by atoms with Crippen molar-refractivity contribution >= 4 is 44.6 Å². The number of aromatic nitrogens is 2. The molecule has 0 N–H and O–H groups in total. The molecule has 3 aromatic rings. The van der Waals surface area contributed by atoms with Gasteiger partial charge in [0.15, 0.2) is 0 Å². The lowest BCUT2D eigenvalue weighted by atomic mass is 10.4. The number of nitrogens with zero attached hydrogens (tertiary/aromatic N) is 4. The minimum absolute atomic E-state index is 0.00609. The zero-order chi connectivity index (χ0) is 20.6. The van der Waals surface area contributed by atoms with Gasteiger partial charge in [0.05, 0.1) is 9.90 Å². The van der Waals surface area contributed by atoms with Crippen LogP contribution < -0.4 is 5.76 Å². The van der Waals surface area contributed by atoms with E-state index in [0.29, 0.717) is 18.1 Å². The van der Waals surface area contributed by atoms with Gasteiger partial charge in [-0.1, -0.05) is 29.3 Å². The Kier molecular flexibility index (Phi) is 5.83. The van der Waals surface area contributed by atoms with Crippen LogP contribution in [0.15, 0.2) is 49.8 Å². The number of hydrogen-bond acceptors (Lipinski definition) is 7. The normalized spacial score (nSPS) is 16.3. The van der Waals surface area contributed by atoms with Crippen LogP contribution in [0.2, 0.25) is 10.0 Å². The van der Waals surface area contributed by atoms with Gasteiger partial charge in [-0.2, -0.15) is 8.99 Å². The van der Waals surface area contributed by atoms with Crippen LogP contribution in [-0.2, 0) is 16.7 Å². The van der Waals surface area contributed by atoms with E-state index in [0.717, 1.165) is 4.88 Å². The first-order valence-corrected chi connectivity index (χ1v) is 11.7. The molecule has 0 amide bonds. The van der Waals surface area contributed by atoms with Crippen LogP contribution in [0.1, 0.15) is 0 Å². The van der Waals surface area contributed by atoms with Crippen molar-refractivity contribution in [2.24, 2.45) is 0 Å². The average molecular weight is 475 g/mol. The van der Waals surface area contributed by atoms with Crippen molar-refractivity contribution < 1.29 is 12.8 Å². The summed E-state index contributed by atoms with van der Waals surface area (Å²) in [5.74, 6) is -0.268. The number of rotatable bonds is 5. The van der Waals surface area contributed by atoms with Gasteiger partial charge >= 0.3 is 5.76 Å². The predicted molar refractivity (Wildman–Crippen MR) is 111 cm³/mol. The molecule has 1 aliphatic heterocycles. The van der Waals surface area contributed by atoms with E-state index in [9.17, 15) is 13.2 Å². The van der Waals surface area contributed by atoms with Crippen molar-refractivity contribution in [1.29, 1.82) is 0 Å². The van der Waals surface area contributed by atoms with Crippen LogP contribution in [0, 0.1) is 0 Å². The van der Waals surface area contributed by atoms with E-state index in [1.54, 1.807) is 6.07 Å². The van der Waals surface area contributed by atoms with Gasteiger partial charge < -0.3 is 4.42 Å². The number of hydrogen-bond donors (Lipinski definition) is 0. The second-order valence-electron chi connectivity index (χ2n) is 6.39. The lowest BCUT2D eigenvalue weighted by Crippen LogP contribution is -2.49. The van der Waals surface area contributed by atoms with Crippen molar-refractivity contribution in [3.8, 4) is 10.8 Å². The summed E-state index contributed by atoms with van der Waals surface area (Å²) in [6, 6.07) is 8.04. The fraction of sp³-hybridized carbons (Fsp3) is 0.294. The monoisotopic (exact) mass is 474 g/mol. The van der Waals surface area contributed by atoms with E-state index in [1.165, 1.54) is 32.5 Å². The van der Waals surface area contributed by atoms with Gasteiger partial charge in [-0.15, -0.1) is 16.4 Å². The first kappa shape index (κ1) is 20.6. The molecule has 2 aromatic heterocycles. The second-order valence-corrected chi connectivity index (χ2v) is 10.1. The van der Waals surface area contributed by atoms with Crippen LogP contribution >= 0.6 is 34.5 Å². The van der Waals surface area contributed by atoms with E-state index in [1.807, 2.05) is 22.4 Å². The maximum absolute atomic E-state index is 12.9. The SMILES string of the molecule is O=c1oc(-c2cccs2)nn1CN1CCN(S(=O)(=O)c2cc(Cl)ccc2Cl)CC1. The fourth-order valence-electron chi connectivity index (χ4n) is 3.01. The number of benzene rings is 1. The third kappa shape index (κ3) is 4.27. The van der Waals surface area contributed by atoms with Crippen LogP contribution in [0.5, 0.6) is 0 Å². The fourth-order valence-corrected chi connectivity index (χ4v) is 5.81. The Labute approximate surface area is 180 Å². The van der Waals surface area contributed by atoms with Crippen molar-refractivity contribution in [2.45, 2.75) is 11.6 Å². The van der Waals surface area contributed by atoms with Gasteiger partial charge in [-0.05, 0) is 29.6 Å². The molecular formula is C17H16Cl2N4O4S2. The highest BCUT2D eigenvalue weighted by atomic mass is 35.5. The second kappa shape index (κ2) is 8.21. The van der Waals surface area contributed by atoms with Crippen molar-refractivity contribution in [3.05, 3.63) is 56.3 Å². The molecule has 0 bridgehead atoms. The third-order valence-corrected chi connectivity index (χ3v) is 7.99. The Balaban J connectivity index is 1.44. The van der Waals surface area contributed by atoms with Gasteiger partial charge in [0.1, 0.15) is 11.6 Å². The zero-order valence-corrected chi connectivity index (χ0v) is 18.1. The van der Waals surface area contributed by atoms with Crippen LogP contribution in [0.3, 0.4) is 0 Å². The van der Waals surface area contributed by atoms with E-state index >= 15 is 0 Å².